The van der Waals surface area contributed by atoms with Crippen molar-refractivity contribution in [2.45, 2.75) is 33.0 Å². The number of carbonyl (C=O) groups is 1. The topological polar surface area (TPSA) is 29.5 Å². The Morgan fingerprint density at radius 2 is 2.11 bits per heavy atom. The van der Waals surface area contributed by atoms with E-state index in [9.17, 15) is 4.79 Å². The molecule has 0 bridgehead atoms. The summed E-state index contributed by atoms with van der Waals surface area (Å²) in [6, 6.07) is 5.84. The lowest BCUT2D eigenvalue weighted by Crippen LogP contribution is -2.33. The van der Waals surface area contributed by atoms with Gasteiger partial charge in [-0.15, -0.1) is 11.6 Å². The van der Waals surface area contributed by atoms with E-state index in [-0.39, 0.29) is 5.91 Å². The van der Waals surface area contributed by atoms with Gasteiger partial charge in [0.1, 0.15) is 0 Å². The maximum atomic E-state index is 12.5. The number of benzene rings is 1. The molecule has 19 heavy (non-hydrogen) atoms. The van der Waals surface area contributed by atoms with Crippen molar-refractivity contribution >= 4 is 17.5 Å². The van der Waals surface area contributed by atoms with E-state index >= 15 is 0 Å². The van der Waals surface area contributed by atoms with E-state index in [2.05, 4.69) is 6.92 Å². The van der Waals surface area contributed by atoms with Gasteiger partial charge in [-0.25, -0.2) is 0 Å². The van der Waals surface area contributed by atoms with Gasteiger partial charge in [0.05, 0.1) is 13.2 Å². The van der Waals surface area contributed by atoms with Crippen molar-refractivity contribution in [2.24, 2.45) is 0 Å². The molecule has 0 saturated heterocycles. The Labute approximate surface area is 119 Å². The Balaban J connectivity index is 2.11. The molecule has 104 valence electrons. The molecule has 0 radical (unpaired) electrons. The summed E-state index contributed by atoms with van der Waals surface area (Å²) in [4.78, 5) is 14.3. The zero-order chi connectivity index (χ0) is 13.7. The Kier molecular flexibility index (Phi) is 5.23. The zero-order valence-electron chi connectivity index (χ0n) is 11.3. The first-order valence-corrected chi connectivity index (χ1v) is 7.34. The average molecular weight is 282 g/mol. The van der Waals surface area contributed by atoms with Crippen LogP contribution in [0.1, 0.15) is 41.3 Å². The van der Waals surface area contributed by atoms with Gasteiger partial charge in [0.15, 0.2) is 0 Å². The molecule has 0 aliphatic carbocycles. The van der Waals surface area contributed by atoms with E-state index in [1.54, 1.807) is 0 Å². The van der Waals surface area contributed by atoms with E-state index < -0.39 is 0 Å². The standard InChI is InChI=1S/C15H20ClNO2/c1-2-3-7-17(8-6-16)15(18)12-4-5-13-10-19-11-14(13)9-12/h4-5,9H,2-3,6-8,10-11H2,1H3. The molecule has 0 saturated carbocycles. The van der Waals surface area contributed by atoms with Crippen molar-refractivity contribution in [3.05, 3.63) is 34.9 Å². The third-order valence-electron chi connectivity index (χ3n) is 3.39. The maximum absolute atomic E-state index is 12.5. The number of hydrogen-bond donors (Lipinski definition) is 0. The second kappa shape index (κ2) is 6.92. The number of carbonyl (C=O) groups excluding carboxylic acids is 1. The fourth-order valence-electron chi connectivity index (χ4n) is 2.25. The molecule has 4 heteroatoms. The number of rotatable bonds is 6. The fraction of sp³-hybridized carbons (Fsp3) is 0.533. The SMILES string of the molecule is CCCCN(CCCl)C(=O)c1ccc2c(c1)COC2. The average Bonchev–Trinajstić information content (AvgIpc) is 2.90. The van der Waals surface area contributed by atoms with Crippen molar-refractivity contribution in [3.63, 3.8) is 0 Å². The van der Waals surface area contributed by atoms with E-state index in [1.807, 2.05) is 23.1 Å². The van der Waals surface area contributed by atoms with Crippen LogP contribution in [0, 0.1) is 0 Å². The lowest BCUT2D eigenvalue weighted by molar-refractivity contribution is 0.0763. The molecule has 1 heterocycles. The molecule has 0 aromatic heterocycles. The van der Waals surface area contributed by atoms with Crippen LogP contribution in [0.5, 0.6) is 0 Å². The summed E-state index contributed by atoms with van der Waals surface area (Å²) in [5, 5.41) is 0. The quantitative estimate of drug-likeness (QED) is 0.750. The minimum atomic E-state index is 0.0730. The first-order chi connectivity index (χ1) is 9.26. The first kappa shape index (κ1) is 14.4. The van der Waals surface area contributed by atoms with E-state index in [0.717, 1.165) is 30.5 Å². The lowest BCUT2D eigenvalue weighted by Gasteiger charge is -2.21. The Bertz CT molecular complexity index is 448. The van der Waals surface area contributed by atoms with Crippen LogP contribution in [-0.4, -0.2) is 29.8 Å². The molecule has 1 aliphatic rings. The monoisotopic (exact) mass is 281 g/mol. The number of unbranched alkanes of at least 4 members (excludes halogenated alkanes) is 1. The van der Waals surface area contributed by atoms with Crippen LogP contribution in [0.4, 0.5) is 0 Å². The number of nitrogens with zero attached hydrogens (tertiary/aromatic N) is 1. The Morgan fingerprint density at radius 3 is 2.84 bits per heavy atom. The van der Waals surface area contributed by atoms with Gasteiger partial charge in [0.25, 0.3) is 5.91 Å². The van der Waals surface area contributed by atoms with Crippen molar-refractivity contribution in [2.75, 3.05) is 19.0 Å². The predicted molar refractivity (Wildman–Crippen MR) is 76.5 cm³/mol. The second-order valence-electron chi connectivity index (χ2n) is 4.81. The molecule has 1 amide bonds. The van der Waals surface area contributed by atoms with Crippen molar-refractivity contribution in [3.8, 4) is 0 Å². The van der Waals surface area contributed by atoms with E-state index in [1.165, 1.54) is 5.56 Å². The lowest BCUT2D eigenvalue weighted by atomic mass is 10.1. The molecule has 0 atom stereocenters. The normalized spacial score (nSPS) is 13.4. The van der Waals surface area contributed by atoms with Gasteiger partial charge in [0.2, 0.25) is 0 Å². The highest BCUT2D eigenvalue weighted by molar-refractivity contribution is 6.18. The van der Waals surface area contributed by atoms with Crippen molar-refractivity contribution < 1.29 is 9.53 Å². The largest absolute Gasteiger partial charge is 0.372 e. The number of hydrogen-bond acceptors (Lipinski definition) is 2. The highest BCUT2D eigenvalue weighted by Crippen LogP contribution is 2.21. The summed E-state index contributed by atoms with van der Waals surface area (Å²) in [5.74, 6) is 0.549. The van der Waals surface area contributed by atoms with Crippen LogP contribution in [0.15, 0.2) is 18.2 Å². The Morgan fingerprint density at radius 1 is 1.32 bits per heavy atom. The summed E-state index contributed by atoms with van der Waals surface area (Å²) < 4.78 is 5.38. The van der Waals surface area contributed by atoms with E-state index in [4.69, 9.17) is 16.3 Å². The van der Waals surface area contributed by atoms with Crippen LogP contribution in [0.25, 0.3) is 0 Å². The van der Waals surface area contributed by atoms with Crippen molar-refractivity contribution in [1.29, 1.82) is 0 Å². The minimum Gasteiger partial charge on any atom is -0.372 e. The van der Waals surface area contributed by atoms with Crippen LogP contribution in [0.3, 0.4) is 0 Å². The molecular weight excluding hydrogens is 262 g/mol. The number of amides is 1. The predicted octanol–water partition coefficient (Wildman–Crippen LogP) is 3.20. The fourth-order valence-corrected chi connectivity index (χ4v) is 2.46. The third kappa shape index (κ3) is 3.48. The molecule has 1 aromatic rings. The van der Waals surface area contributed by atoms with Crippen LogP contribution >= 0.6 is 11.6 Å². The van der Waals surface area contributed by atoms with Gasteiger partial charge in [-0.05, 0) is 29.7 Å². The van der Waals surface area contributed by atoms with Gasteiger partial charge in [-0.3, -0.25) is 4.79 Å². The smallest absolute Gasteiger partial charge is 0.253 e. The van der Waals surface area contributed by atoms with Gasteiger partial charge < -0.3 is 9.64 Å². The first-order valence-electron chi connectivity index (χ1n) is 6.81. The molecule has 0 unspecified atom stereocenters. The molecule has 1 aromatic carbocycles. The van der Waals surface area contributed by atoms with Gasteiger partial charge >= 0.3 is 0 Å². The summed E-state index contributed by atoms with van der Waals surface area (Å²) >= 11 is 5.79. The van der Waals surface area contributed by atoms with Crippen LogP contribution in [0.2, 0.25) is 0 Å². The summed E-state index contributed by atoms with van der Waals surface area (Å²) in [6.07, 6.45) is 2.08. The third-order valence-corrected chi connectivity index (χ3v) is 3.56. The van der Waals surface area contributed by atoms with Crippen LogP contribution < -0.4 is 0 Å². The highest BCUT2D eigenvalue weighted by Gasteiger charge is 2.18. The molecule has 0 N–H and O–H groups in total. The van der Waals surface area contributed by atoms with Crippen LogP contribution in [-0.2, 0) is 18.0 Å². The number of halogens is 1. The molecule has 2 rings (SSSR count). The van der Waals surface area contributed by atoms with Gasteiger partial charge in [-0.2, -0.15) is 0 Å². The molecule has 0 spiro atoms. The Hall–Kier alpha value is -1.06. The molecule has 3 nitrogen and oxygen atoms in total. The van der Waals surface area contributed by atoms with Crippen molar-refractivity contribution in [1.82, 2.24) is 4.90 Å². The molecule has 1 aliphatic heterocycles. The molecular formula is C15H20ClNO2. The number of ether oxygens (including phenoxy) is 1. The maximum Gasteiger partial charge on any atom is 0.253 e. The van der Waals surface area contributed by atoms with Gasteiger partial charge in [0, 0.05) is 24.5 Å². The molecule has 0 fully saturated rings. The zero-order valence-corrected chi connectivity index (χ0v) is 12.1. The number of fused-ring (bicyclic) bond motifs is 1. The minimum absolute atomic E-state index is 0.0730. The summed E-state index contributed by atoms with van der Waals surface area (Å²) in [6.45, 7) is 4.77. The number of alkyl halides is 1. The summed E-state index contributed by atoms with van der Waals surface area (Å²) in [7, 11) is 0. The highest BCUT2D eigenvalue weighted by atomic mass is 35.5. The summed E-state index contributed by atoms with van der Waals surface area (Å²) in [5.41, 5.74) is 3.06. The second-order valence-corrected chi connectivity index (χ2v) is 5.19. The van der Waals surface area contributed by atoms with E-state index in [0.29, 0.717) is 25.6 Å². The van der Waals surface area contributed by atoms with Gasteiger partial charge in [-0.1, -0.05) is 19.4 Å².